The Hall–Kier alpha value is -0.960. The van der Waals surface area contributed by atoms with Crippen LogP contribution in [0.5, 0.6) is 0 Å². The fourth-order valence-electron chi connectivity index (χ4n) is 1.92. The van der Waals surface area contributed by atoms with Gasteiger partial charge in [0.1, 0.15) is 11.6 Å². The van der Waals surface area contributed by atoms with Gasteiger partial charge < -0.3 is 5.32 Å². The molecular weight excluding hydrogens is 184 g/mol. The fraction of sp³-hybridized carbons (Fsp3) is 0.455. The number of hydrogen-bond acceptors (Lipinski definition) is 1. The summed E-state index contributed by atoms with van der Waals surface area (Å²) in [5, 5.41) is 3.05. The van der Waals surface area contributed by atoms with E-state index >= 15 is 0 Å². The predicted octanol–water partition coefficient (Wildman–Crippen LogP) is 2.29. The first kappa shape index (κ1) is 9.59. The molecule has 0 amide bonds. The van der Waals surface area contributed by atoms with E-state index in [9.17, 15) is 8.78 Å². The minimum absolute atomic E-state index is 0.207. The van der Waals surface area contributed by atoms with Crippen LogP contribution >= 0.6 is 0 Å². The highest BCUT2D eigenvalue weighted by Crippen LogP contribution is 2.47. The largest absolute Gasteiger partial charge is 0.319 e. The van der Waals surface area contributed by atoms with Gasteiger partial charge in [0.05, 0.1) is 0 Å². The predicted molar refractivity (Wildman–Crippen MR) is 51.1 cm³/mol. The molecule has 0 saturated heterocycles. The molecule has 76 valence electrons. The van der Waals surface area contributed by atoms with Crippen LogP contribution < -0.4 is 5.32 Å². The van der Waals surface area contributed by atoms with Crippen molar-refractivity contribution in [1.82, 2.24) is 5.32 Å². The summed E-state index contributed by atoms with van der Waals surface area (Å²) in [6.45, 7) is 0.876. The van der Waals surface area contributed by atoms with Gasteiger partial charge in [0.2, 0.25) is 0 Å². The Bertz CT molecular complexity index is 338. The van der Waals surface area contributed by atoms with Gasteiger partial charge in [0.25, 0.3) is 0 Å². The van der Waals surface area contributed by atoms with Gasteiger partial charge in [-0.25, -0.2) is 8.78 Å². The van der Waals surface area contributed by atoms with Gasteiger partial charge >= 0.3 is 0 Å². The second-order valence-corrected chi connectivity index (χ2v) is 3.83. The minimum atomic E-state index is -0.350. The molecule has 0 aromatic heterocycles. The summed E-state index contributed by atoms with van der Waals surface area (Å²) in [5.74, 6) is 0.0426. The minimum Gasteiger partial charge on any atom is -0.319 e. The van der Waals surface area contributed by atoms with Crippen LogP contribution in [0, 0.1) is 17.6 Å². The van der Waals surface area contributed by atoms with Crippen LogP contribution in [0.4, 0.5) is 8.78 Å². The lowest BCUT2D eigenvalue weighted by molar-refractivity contribution is 0.579. The lowest BCUT2D eigenvalue weighted by Gasteiger charge is -2.02. The third kappa shape index (κ3) is 1.77. The van der Waals surface area contributed by atoms with Crippen molar-refractivity contribution in [3.63, 3.8) is 0 Å². The normalized spacial score (nSPS) is 25.1. The molecule has 1 aliphatic carbocycles. The van der Waals surface area contributed by atoms with Crippen LogP contribution in [-0.4, -0.2) is 13.6 Å². The third-order valence-corrected chi connectivity index (χ3v) is 2.75. The highest BCUT2D eigenvalue weighted by molar-refractivity contribution is 5.28. The van der Waals surface area contributed by atoms with Gasteiger partial charge in [-0.15, -0.1) is 0 Å². The molecule has 0 unspecified atom stereocenters. The zero-order chi connectivity index (χ0) is 10.1. The highest BCUT2D eigenvalue weighted by Gasteiger charge is 2.39. The molecule has 1 aromatic carbocycles. The Kier molecular flexibility index (Phi) is 2.50. The molecule has 2 atom stereocenters. The summed E-state index contributed by atoms with van der Waals surface area (Å²) in [6.07, 6.45) is 0.960. The summed E-state index contributed by atoms with van der Waals surface area (Å²) in [4.78, 5) is 0. The van der Waals surface area contributed by atoms with Crippen molar-refractivity contribution in [1.29, 1.82) is 0 Å². The van der Waals surface area contributed by atoms with Gasteiger partial charge in [-0.2, -0.15) is 0 Å². The van der Waals surface area contributed by atoms with Crippen molar-refractivity contribution < 1.29 is 8.78 Å². The summed E-state index contributed by atoms with van der Waals surface area (Å²) in [6, 6.07) is 3.68. The average molecular weight is 197 g/mol. The number of benzene rings is 1. The maximum Gasteiger partial charge on any atom is 0.126 e. The first-order valence-electron chi connectivity index (χ1n) is 4.82. The van der Waals surface area contributed by atoms with Gasteiger partial charge in [-0.1, -0.05) is 0 Å². The van der Waals surface area contributed by atoms with Gasteiger partial charge in [0, 0.05) is 0 Å². The Morgan fingerprint density at radius 2 is 2.21 bits per heavy atom. The van der Waals surface area contributed by atoms with Crippen LogP contribution in [0.15, 0.2) is 18.2 Å². The second kappa shape index (κ2) is 3.65. The summed E-state index contributed by atoms with van der Waals surface area (Å²) in [5.41, 5.74) is 0.533. The molecule has 1 aromatic rings. The average Bonchev–Trinajstić information content (AvgIpc) is 2.89. The van der Waals surface area contributed by atoms with E-state index in [0.717, 1.165) is 19.0 Å². The van der Waals surface area contributed by atoms with E-state index < -0.39 is 0 Å². The van der Waals surface area contributed by atoms with E-state index in [0.29, 0.717) is 11.5 Å². The molecule has 0 bridgehead atoms. The second-order valence-electron chi connectivity index (χ2n) is 3.83. The molecule has 1 aliphatic rings. The maximum atomic E-state index is 13.3. The van der Waals surface area contributed by atoms with Crippen LogP contribution in [0.25, 0.3) is 0 Å². The van der Waals surface area contributed by atoms with Crippen LogP contribution in [0.1, 0.15) is 17.9 Å². The molecule has 1 fully saturated rings. The SMILES string of the molecule is CNC[C@@H]1C[C@H]1c1cc(F)ccc1F. The number of halogens is 2. The van der Waals surface area contributed by atoms with Crippen molar-refractivity contribution in [2.75, 3.05) is 13.6 Å². The first-order chi connectivity index (χ1) is 6.72. The molecule has 0 radical (unpaired) electrons. The molecule has 14 heavy (non-hydrogen) atoms. The number of hydrogen-bond donors (Lipinski definition) is 1. The van der Waals surface area contributed by atoms with Crippen molar-refractivity contribution in [3.8, 4) is 0 Å². The van der Waals surface area contributed by atoms with Gasteiger partial charge in [-0.3, -0.25) is 0 Å². The molecule has 1 N–H and O–H groups in total. The molecule has 0 spiro atoms. The standard InChI is InChI=1S/C11H13F2N/c1-14-6-7-4-9(7)10-5-8(12)2-3-11(10)13/h2-3,5,7,9,14H,4,6H2,1H3/t7-,9+/m0/s1. The quantitative estimate of drug-likeness (QED) is 0.784. The third-order valence-electron chi connectivity index (χ3n) is 2.75. The molecule has 0 heterocycles. The molecule has 1 saturated carbocycles. The number of nitrogens with one attached hydrogen (secondary N) is 1. The van der Waals surface area contributed by atoms with Crippen molar-refractivity contribution in [2.45, 2.75) is 12.3 Å². The van der Waals surface area contributed by atoms with Crippen LogP contribution in [-0.2, 0) is 0 Å². The van der Waals surface area contributed by atoms with Gasteiger partial charge in [-0.05, 0) is 55.6 Å². The van der Waals surface area contributed by atoms with E-state index in [1.165, 1.54) is 12.1 Å². The van der Waals surface area contributed by atoms with Crippen molar-refractivity contribution >= 4 is 0 Å². The van der Waals surface area contributed by atoms with Crippen LogP contribution in [0.3, 0.4) is 0 Å². The fourth-order valence-corrected chi connectivity index (χ4v) is 1.92. The zero-order valence-electron chi connectivity index (χ0n) is 8.06. The van der Waals surface area contributed by atoms with E-state index in [2.05, 4.69) is 5.32 Å². The van der Waals surface area contributed by atoms with E-state index in [1.54, 1.807) is 0 Å². The van der Waals surface area contributed by atoms with E-state index in [4.69, 9.17) is 0 Å². The van der Waals surface area contributed by atoms with Crippen molar-refractivity contribution in [3.05, 3.63) is 35.4 Å². The van der Waals surface area contributed by atoms with Crippen molar-refractivity contribution in [2.24, 2.45) is 5.92 Å². The van der Waals surface area contributed by atoms with Crippen LogP contribution in [0.2, 0.25) is 0 Å². The Morgan fingerprint density at radius 1 is 1.43 bits per heavy atom. The first-order valence-corrected chi connectivity index (χ1v) is 4.82. The molecule has 0 aliphatic heterocycles. The maximum absolute atomic E-state index is 13.3. The Morgan fingerprint density at radius 3 is 2.93 bits per heavy atom. The highest BCUT2D eigenvalue weighted by atomic mass is 19.1. The lowest BCUT2D eigenvalue weighted by Crippen LogP contribution is -2.10. The molecule has 2 rings (SSSR count). The number of rotatable bonds is 3. The Labute approximate surface area is 82.1 Å². The van der Waals surface area contributed by atoms with E-state index in [1.807, 2.05) is 7.05 Å². The molecule has 3 heteroatoms. The topological polar surface area (TPSA) is 12.0 Å². The van der Waals surface area contributed by atoms with Gasteiger partial charge in [0.15, 0.2) is 0 Å². The lowest BCUT2D eigenvalue weighted by atomic mass is 10.1. The molecule has 1 nitrogen and oxygen atoms in total. The monoisotopic (exact) mass is 197 g/mol. The van der Waals surface area contributed by atoms with E-state index in [-0.39, 0.29) is 17.6 Å². The summed E-state index contributed by atoms with van der Waals surface area (Å²) < 4.78 is 26.2. The smallest absolute Gasteiger partial charge is 0.126 e. The summed E-state index contributed by atoms with van der Waals surface area (Å²) >= 11 is 0. The molecular formula is C11H13F2N. The zero-order valence-corrected chi connectivity index (χ0v) is 8.06. The Balaban J connectivity index is 2.14. The summed E-state index contributed by atoms with van der Waals surface area (Å²) in [7, 11) is 1.87.